The van der Waals surface area contributed by atoms with Crippen LogP contribution in [0.1, 0.15) is 17.5 Å². The van der Waals surface area contributed by atoms with Gasteiger partial charge in [-0.15, -0.1) is 0 Å². The third-order valence-corrected chi connectivity index (χ3v) is 7.14. The maximum Gasteiger partial charge on any atom is 0.241 e. The molecular weight excluding hydrogens is 416 g/mol. The Bertz CT molecular complexity index is 1050. The first kappa shape index (κ1) is 21.7. The van der Waals surface area contributed by atoms with Crippen LogP contribution in [0, 0.1) is 0 Å². The average Bonchev–Trinajstić information content (AvgIpc) is 2.80. The van der Waals surface area contributed by atoms with Crippen LogP contribution in [0.4, 0.5) is 0 Å². The second kappa shape index (κ2) is 9.32. The first-order valence-electron chi connectivity index (χ1n) is 10.3. The third-order valence-electron chi connectivity index (χ3n) is 5.67. The molecule has 2 aromatic rings. The van der Waals surface area contributed by atoms with E-state index in [-0.39, 0.29) is 23.8 Å². The molecule has 2 N–H and O–H groups in total. The van der Waals surface area contributed by atoms with E-state index in [4.69, 9.17) is 4.74 Å². The molecule has 7 nitrogen and oxygen atoms in total. The summed E-state index contributed by atoms with van der Waals surface area (Å²) in [6, 6.07) is 15.4. The van der Waals surface area contributed by atoms with E-state index in [2.05, 4.69) is 10.8 Å². The van der Waals surface area contributed by atoms with Crippen LogP contribution in [-0.2, 0) is 32.5 Å². The number of carbonyl (C=O) groups excluding carboxylic acids is 1. The molecule has 0 aliphatic carbocycles. The van der Waals surface area contributed by atoms with Crippen LogP contribution < -0.4 is 4.72 Å². The molecule has 164 valence electrons. The fourth-order valence-corrected chi connectivity index (χ4v) is 5.21. The van der Waals surface area contributed by atoms with E-state index in [0.29, 0.717) is 13.1 Å². The minimum Gasteiger partial charge on any atom is -0.394 e. The first-order chi connectivity index (χ1) is 15.0. The lowest BCUT2D eigenvalue weighted by Crippen LogP contribution is -2.49. The fourth-order valence-electron chi connectivity index (χ4n) is 3.97. The van der Waals surface area contributed by atoms with Gasteiger partial charge in [0.15, 0.2) is 0 Å². The highest BCUT2D eigenvalue weighted by Crippen LogP contribution is 2.22. The summed E-state index contributed by atoms with van der Waals surface area (Å²) >= 11 is 0. The molecule has 31 heavy (non-hydrogen) atoms. The second-order valence-electron chi connectivity index (χ2n) is 7.78. The van der Waals surface area contributed by atoms with Gasteiger partial charge < -0.3 is 14.7 Å². The molecule has 0 aromatic heterocycles. The summed E-state index contributed by atoms with van der Waals surface area (Å²) in [7, 11) is -3.76. The Balaban J connectivity index is 1.39. The molecule has 0 radical (unpaired) electrons. The lowest BCUT2D eigenvalue weighted by molar-refractivity contribution is -0.136. The van der Waals surface area contributed by atoms with Gasteiger partial charge in [0.25, 0.3) is 0 Å². The summed E-state index contributed by atoms with van der Waals surface area (Å²) < 4.78 is 33.6. The van der Waals surface area contributed by atoms with Crippen molar-refractivity contribution in [2.24, 2.45) is 0 Å². The van der Waals surface area contributed by atoms with Gasteiger partial charge in [-0.3, -0.25) is 4.79 Å². The highest BCUT2D eigenvalue weighted by molar-refractivity contribution is 7.89. The van der Waals surface area contributed by atoms with Crippen LogP contribution in [0.3, 0.4) is 0 Å². The number of fused-ring (bicyclic) bond motifs is 1. The van der Waals surface area contributed by atoms with Gasteiger partial charge in [0.05, 0.1) is 30.1 Å². The monoisotopic (exact) mass is 442 g/mol. The Labute approximate surface area is 182 Å². The molecule has 0 saturated carbocycles. The van der Waals surface area contributed by atoms with E-state index >= 15 is 0 Å². The Morgan fingerprint density at radius 2 is 1.77 bits per heavy atom. The number of hydrogen-bond donors (Lipinski definition) is 2. The maximum absolute atomic E-state index is 12.8. The van der Waals surface area contributed by atoms with Crippen molar-refractivity contribution in [2.75, 3.05) is 13.2 Å². The van der Waals surface area contributed by atoms with E-state index in [9.17, 15) is 18.3 Å². The predicted molar refractivity (Wildman–Crippen MR) is 116 cm³/mol. The van der Waals surface area contributed by atoms with Gasteiger partial charge in [0.2, 0.25) is 15.9 Å². The molecule has 0 saturated heterocycles. The highest BCUT2D eigenvalue weighted by Gasteiger charge is 2.32. The number of hydrogen-bond acceptors (Lipinski definition) is 5. The van der Waals surface area contributed by atoms with Crippen LogP contribution in [-0.4, -0.2) is 55.7 Å². The van der Waals surface area contributed by atoms with Gasteiger partial charge in [-0.05, 0) is 29.7 Å². The minimum atomic E-state index is -3.76. The first-order valence-corrected chi connectivity index (χ1v) is 11.8. The number of nitrogens with zero attached hydrogens (tertiary/aromatic N) is 1. The van der Waals surface area contributed by atoms with Crippen molar-refractivity contribution in [2.45, 2.75) is 42.5 Å². The largest absolute Gasteiger partial charge is 0.394 e. The van der Waals surface area contributed by atoms with Gasteiger partial charge in [0.1, 0.15) is 6.10 Å². The van der Waals surface area contributed by atoms with Crippen molar-refractivity contribution in [3.05, 3.63) is 77.9 Å². The molecule has 2 aromatic carbocycles. The number of aliphatic hydroxyl groups is 1. The van der Waals surface area contributed by atoms with E-state index in [0.717, 1.165) is 12.0 Å². The summed E-state index contributed by atoms with van der Waals surface area (Å²) in [4.78, 5) is 14.8. The van der Waals surface area contributed by atoms with Crippen molar-refractivity contribution >= 4 is 15.9 Å². The van der Waals surface area contributed by atoms with E-state index in [1.54, 1.807) is 30.4 Å². The van der Waals surface area contributed by atoms with Gasteiger partial charge >= 0.3 is 0 Å². The van der Waals surface area contributed by atoms with Crippen LogP contribution in [0.25, 0.3) is 0 Å². The molecule has 3 atom stereocenters. The van der Waals surface area contributed by atoms with Crippen molar-refractivity contribution < 1.29 is 23.1 Å². The van der Waals surface area contributed by atoms with Gasteiger partial charge in [0, 0.05) is 13.1 Å². The zero-order chi connectivity index (χ0) is 21.8. The van der Waals surface area contributed by atoms with E-state index in [1.165, 1.54) is 17.7 Å². The molecule has 2 heterocycles. The Hall–Kier alpha value is -2.52. The zero-order valence-electron chi connectivity index (χ0n) is 17.1. The molecule has 0 fully saturated rings. The summed E-state index contributed by atoms with van der Waals surface area (Å²) in [5, 5.41) is 9.75. The standard InChI is InChI=1S/C23H26N2O5S/c26-16-22-21(24-31(28,29)20-8-2-1-3-9-20)11-10-19(30-22)14-23(27)25-13-12-17-6-4-5-7-18(17)15-25/h1-11,19,21-22,24,26H,12-16H2/t19-,21-,22+/m0/s1. The number of benzene rings is 2. The second-order valence-corrected chi connectivity index (χ2v) is 9.49. The summed E-state index contributed by atoms with van der Waals surface area (Å²) in [6.45, 7) is 0.873. The molecule has 2 aliphatic heterocycles. The van der Waals surface area contributed by atoms with Gasteiger partial charge in [-0.25, -0.2) is 13.1 Å². The summed E-state index contributed by atoms with van der Waals surface area (Å²) in [5.41, 5.74) is 2.43. The van der Waals surface area contributed by atoms with Crippen molar-refractivity contribution in [1.82, 2.24) is 9.62 Å². The molecular formula is C23H26N2O5S. The summed E-state index contributed by atoms with van der Waals surface area (Å²) in [5.74, 6) is -0.0239. The number of amides is 1. The third kappa shape index (κ3) is 5.04. The Morgan fingerprint density at radius 3 is 2.52 bits per heavy atom. The normalized spacial score (nSPS) is 23.4. The Morgan fingerprint density at radius 1 is 1.06 bits per heavy atom. The minimum absolute atomic E-state index is 0.0239. The molecule has 0 spiro atoms. The fraction of sp³-hybridized carbons (Fsp3) is 0.348. The molecule has 8 heteroatoms. The highest BCUT2D eigenvalue weighted by atomic mass is 32.2. The molecule has 4 rings (SSSR count). The van der Waals surface area contributed by atoms with Gasteiger partial charge in [-0.1, -0.05) is 54.6 Å². The topological polar surface area (TPSA) is 95.9 Å². The maximum atomic E-state index is 12.8. The quantitative estimate of drug-likeness (QED) is 0.663. The van der Waals surface area contributed by atoms with Crippen LogP contribution in [0.5, 0.6) is 0 Å². The number of rotatable bonds is 6. The smallest absolute Gasteiger partial charge is 0.241 e. The van der Waals surface area contributed by atoms with Gasteiger partial charge in [-0.2, -0.15) is 0 Å². The molecule has 0 unspecified atom stereocenters. The van der Waals surface area contributed by atoms with Crippen LogP contribution >= 0.6 is 0 Å². The lowest BCUT2D eigenvalue weighted by Gasteiger charge is -2.33. The van der Waals surface area contributed by atoms with E-state index < -0.39 is 28.3 Å². The zero-order valence-corrected chi connectivity index (χ0v) is 17.9. The Kier molecular flexibility index (Phi) is 6.52. The molecule has 2 aliphatic rings. The lowest BCUT2D eigenvalue weighted by atomic mass is 9.99. The van der Waals surface area contributed by atoms with Crippen molar-refractivity contribution in [3.8, 4) is 0 Å². The van der Waals surface area contributed by atoms with Crippen molar-refractivity contribution in [3.63, 3.8) is 0 Å². The number of sulfonamides is 1. The van der Waals surface area contributed by atoms with Crippen LogP contribution in [0.2, 0.25) is 0 Å². The SMILES string of the molecule is O=C(C[C@@H]1C=C[C@H](NS(=O)(=O)c2ccccc2)[C@@H](CO)O1)N1CCc2ccccc2C1. The van der Waals surface area contributed by atoms with E-state index in [1.807, 2.05) is 23.1 Å². The number of ether oxygens (including phenoxy) is 1. The predicted octanol–water partition coefficient (Wildman–Crippen LogP) is 1.62. The summed E-state index contributed by atoms with van der Waals surface area (Å²) in [6.07, 6.45) is 3.04. The average molecular weight is 443 g/mol. The molecule has 0 bridgehead atoms. The van der Waals surface area contributed by atoms with Crippen molar-refractivity contribution in [1.29, 1.82) is 0 Å². The number of carbonyl (C=O) groups is 1. The number of aliphatic hydroxyl groups excluding tert-OH is 1. The number of nitrogens with one attached hydrogen (secondary N) is 1. The molecule has 1 amide bonds. The van der Waals surface area contributed by atoms with Crippen LogP contribution in [0.15, 0.2) is 71.6 Å².